The maximum Gasteiger partial charge on any atom is 0.441 e. The van der Waals surface area contributed by atoms with E-state index in [1.165, 1.54) is 8.83 Å². The van der Waals surface area contributed by atoms with Crippen molar-refractivity contribution in [2.45, 2.75) is 66.2 Å². The number of ether oxygens (including phenoxy) is 3. The maximum absolute atomic E-state index is 12.8. The van der Waals surface area contributed by atoms with Crippen LogP contribution in [0.25, 0.3) is 5.57 Å². The molecule has 0 spiro atoms. The van der Waals surface area contributed by atoms with Gasteiger partial charge in [-0.15, -0.1) is 8.83 Å². The lowest BCUT2D eigenvalue weighted by Crippen LogP contribution is -2.43. The van der Waals surface area contributed by atoms with Crippen molar-refractivity contribution < 1.29 is 23.8 Å². The van der Waals surface area contributed by atoms with E-state index >= 15 is 0 Å². The van der Waals surface area contributed by atoms with Crippen LogP contribution >= 0.6 is 36.1 Å². The molecule has 0 bridgehead atoms. The van der Waals surface area contributed by atoms with Gasteiger partial charge in [-0.2, -0.15) is 0 Å². The van der Waals surface area contributed by atoms with Crippen LogP contribution in [0.3, 0.4) is 0 Å². The number of carbonyl (C=O) groups excluding carboxylic acids is 2. The van der Waals surface area contributed by atoms with Crippen molar-refractivity contribution in [2.24, 2.45) is 0 Å². The molecule has 2 heterocycles. The number of nitrogens with zero attached hydrogens (tertiary/aromatic N) is 2. The highest BCUT2D eigenvalue weighted by Gasteiger charge is 2.44. The second kappa shape index (κ2) is 10.0. The summed E-state index contributed by atoms with van der Waals surface area (Å²) >= 11 is 8.05. The highest BCUT2D eigenvalue weighted by atomic mass is 32.2. The number of fused-ring (bicyclic) bond motifs is 1. The van der Waals surface area contributed by atoms with Gasteiger partial charge in [0.15, 0.2) is 0 Å². The molecule has 180 valence electrons. The van der Waals surface area contributed by atoms with Gasteiger partial charge in [-0.1, -0.05) is 12.2 Å². The smallest absolute Gasteiger partial charge is 0.441 e. The van der Waals surface area contributed by atoms with Crippen molar-refractivity contribution in [3.8, 4) is 5.75 Å². The van der Waals surface area contributed by atoms with Crippen molar-refractivity contribution in [3.05, 3.63) is 28.0 Å². The Bertz CT molecular complexity index is 961. The fourth-order valence-corrected chi connectivity index (χ4v) is 5.77. The molecule has 0 radical (unpaired) electrons. The molecule has 0 aromatic heterocycles. The fraction of sp³-hybridized carbons (Fsp3) is 0.500. The Morgan fingerprint density at radius 1 is 1.06 bits per heavy atom. The molecule has 2 aliphatic heterocycles. The number of carbonyl (C=O) groups is 2. The number of hydrogen-bond acceptors (Lipinski definition) is 9. The van der Waals surface area contributed by atoms with E-state index in [1.807, 2.05) is 39.0 Å². The second-order valence-electron chi connectivity index (χ2n) is 8.48. The molecule has 1 aromatic rings. The monoisotopic (exact) mass is 511 g/mol. The summed E-state index contributed by atoms with van der Waals surface area (Å²) in [6, 6.07) is 5.77. The SMILES string of the molecule is CCOc1ccc2c(c1)C(=C1SN(C(=O)OC(C)C)N(C(=O)OC(C)C)S1)C(=S)C(C)(C)N2. The first-order chi connectivity index (χ1) is 15.4. The molecular weight excluding hydrogens is 482 g/mol. The first-order valence-electron chi connectivity index (χ1n) is 10.7. The van der Waals surface area contributed by atoms with E-state index in [4.69, 9.17) is 26.4 Å². The predicted molar refractivity (Wildman–Crippen MR) is 137 cm³/mol. The number of thiocarbonyl (C=S) groups is 1. The third kappa shape index (κ3) is 5.52. The maximum atomic E-state index is 12.8. The molecule has 33 heavy (non-hydrogen) atoms. The Labute approximate surface area is 208 Å². The molecular formula is C22H29N3O5S3. The zero-order chi connectivity index (χ0) is 24.5. The fourth-order valence-electron chi connectivity index (χ4n) is 3.18. The summed E-state index contributed by atoms with van der Waals surface area (Å²) in [5.74, 6) is 0.707. The molecule has 0 aliphatic carbocycles. The van der Waals surface area contributed by atoms with Crippen molar-refractivity contribution in [1.82, 2.24) is 8.83 Å². The molecule has 1 N–H and O–H groups in total. The van der Waals surface area contributed by atoms with E-state index in [-0.39, 0.29) is 12.2 Å². The number of rotatable bonds is 4. The third-order valence-electron chi connectivity index (χ3n) is 4.51. The van der Waals surface area contributed by atoms with Crippen LogP contribution < -0.4 is 10.1 Å². The summed E-state index contributed by atoms with van der Waals surface area (Å²) in [7, 11) is 0. The van der Waals surface area contributed by atoms with Gasteiger partial charge in [0, 0.05) is 45.6 Å². The molecule has 1 aromatic carbocycles. The van der Waals surface area contributed by atoms with Gasteiger partial charge in [0.1, 0.15) is 5.75 Å². The number of hydrogen-bond donors (Lipinski definition) is 1. The van der Waals surface area contributed by atoms with Gasteiger partial charge in [0.2, 0.25) is 0 Å². The molecule has 0 saturated carbocycles. The normalized spacial score (nSPS) is 17.3. The molecule has 3 rings (SSSR count). The van der Waals surface area contributed by atoms with Gasteiger partial charge in [-0.3, -0.25) is 0 Å². The second-order valence-corrected chi connectivity index (χ2v) is 11.0. The Balaban J connectivity index is 2.11. The van der Waals surface area contributed by atoms with E-state index in [2.05, 4.69) is 5.32 Å². The molecule has 1 saturated heterocycles. The van der Waals surface area contributed by atoms with Gasteiger partial charge >= 0.3 is 12.2 Å². The Hall–Kier alpha value is -2.11. The summed E-state index contributed by atoms with van der Waals surface area (Å²) in [6.07, 6.45) is -2.03. The van der Waals surface area contributed by atoms with Crippen LogP contribution in [-0.2, 0) is 9.47 Å². The molecule has 2 amide bonds. The molecule has 0 atom stereocenters. The van der Waals surface area contributed by atoms with Crippen molar-refractivity contribution in [1.29, 1.82) is 0 Å². The van der Waals surface area contributed by atoms with Crippen molar-refractivity contribution in [3.63, 3.8) is 0 Å². The summed E-state index contributed by atoms with van der Waals surface area (Å²) in [4.78, 5) is 26.3. The lowest BCUT2D eigenvalue weighted by molar-refractivity contribution is 0.0471. The average Bonchev–Trinajstić information content (AvgIpc) is 3.14. The standard InChI is InChI=1S/C22H29N3O5S3/c1-8-28-14-9-10-16-15(11-14)17(18(31)22(6,7)23-16)19-32-24(20(26)29-12(2)3)25(33-19)21(27)30-13(4)5/h9-13,23H,8H2,1-7H3. The first kappa shape index (κ1) is 25.5. The van der Waals surface area contributed by atoms with Crippen LogP contribution in [0.5, 0.6) is 5.75 Å². The lowest BCUT2D eigenvalue weighted by Gasteiger charge is -2.36. The van der Waals surface area contributed by atoms with Crippen LogP contribution in [0.1, 0.15) is 54.0 Å². The molecule has 2 aliphatic rings. The number of anilines is 1. The zero-order valence-corrected chi connectivity index (χ0v) is 22.2. The summed E-state index contributed by atoms with van der Waals surface area (Å²) < 4.78 is 19.4. The summed E-state index contributed by atoms with van der Waals surface area (Å²) in [6.45, 7) is 13.4. The van der Waals surface area contributed by atoms with Crippen molar-refractivity contribution in [2.75, 3.05) is 11.9 Å². The van der Waals surface area contributed by atoms with Crippen LogP contribution in [-0.4, -0.2) is 50.2 Å². The van der Waals surface area contributed by atoms with E-state index in [9.17, 15) is 9.59 Å². The van der Waals surface area contributed by atoms with Crippen molar-refractivity contribution >= 4 is 64.4 Å². The Morgan fingerprint density at radius 3 is 2.09 bits per heavy atom. The highest BCUT2D eigenvalue weighted by molar-refractivity contribution is 8.23. The minimum absolute atomic E-state index is 0.351. The lowest BCUT2D eigenvalue weighted by atomic mass is 9.85. The van der Waals surface area contributed by atoms with Crippen LogP contribution in [0.15, 0.2) is 22.4 Å². The van der Waals surface area contributed by atoms with Gasteiger partial charge < -0.3 is 19.5 Å². The topological polar surface area (TPSA) is 80.3 Å². The van der Waals surface area contributed by atoms with Gasteiger partial charge in [0.25, 0.3) is 0 Å². The summed E-state index contributed by atoms with van der Waals surface area (Å²) in [5, 5.41) is 3.47. The van der Waals surface area contributed by atoms with E-state index < -0.39 is 17.7 Å². The minimum Gasteiger partial charge on any atom is -0.494 e. The van der Waals surface area contributed by atoms with Crippen LogP contribution in [0.4, 0.5) is 15.3 Å². The van der Waals surface area contributed by atoms with E-state index in [1.54, 1.807) is 27.7 Å². The zero-order valence-electron chi connectivity index (χ0n) is 19.8. The minimum atomic E-state index is -0.666. The third-order valence-corrected chi connectivity index (χ3v) is 7.48. The number of amides is 2. The van der Waals surface area contributed by atoms with E-state index in [0.717, 1.165) is 40.7 Å². The van der Waals surface area contributed by atoms with Gasteiger partial charge in [-0.05, 0) is 66.7 Å². The van der Waals surface area contributed by atoms with E-state index in [0.29, 0.717) is 21.5 Å². The van der Waals surface area contributed by atoms with Gasteiger partial charge in [-0.25, -0.2) is 9.59 Å². The summed E-state index contributed by atoms with van der Waals surface area (Å²) in [5.41, 5.74) is 1.98. The first-order valence-corrected chi connectivity index (χ1v) is 12.6. The largest absolute Gasteiger partial charge is 0.494 e. The Morgan fingerprint density at radius 2 is 1.61 bits per heavy atom. The number of hydrazine groups is 1. The Kier molecular flexibility index (Phi) is 7.75. The van der Waals surface area contributed by atoms with Crippen LogP contribution in [0.2, 0.25) is 0 Å². The molecule has 1 fully saturated rings. The molecule has 0 unspecified atom stereocenters. The van der Waals surface area contributed by atoms with Gasteiger partial charge in [0.05, 0.1) is 28.6 Å². The number of nitrogens with one attached hydrogen (secondary N) is 1. The number of benzene rings is 1. The molecule has 8 nitrogen and oxygen atoms in total. The highest BCUT2D eigenvalue weighted by Crippen LogP contribution is 2.52. The predicted octanol–water partition coefficient (Wildman–Crippen LogP) is 6.25. The molecule has 11 heteroatoms. The van der Waals surface area contributed by atoms with Crippen LogP contribution in [0, 0.1) is 0 Å². The average molecular weight is 512 g/mol. The quantitative estimate of drug-likeness (QED) is 0.287.